The molecule has 0 fully saturated rings. The quantitative estimate of drug-likeness (QED) is 0.531. The Bertz CT molecular complexity index is 842. The normalized spacial score (nSPS) is 11.1. The van der Waals surface area contributed by atoms with Gasteiger partial charge in [-0.2, -0.15) is 4.98 Å². The number of nitrogens with zero attached hydrogens (tertiary/aromatic N) is 2. The molecule has 9 nitrogen and oxygen atoms in total. The molecule has 11 heteroatoms. The van der Waals surface area contributed by atoms with Crippen LogP contribution in [0.2, 0.25) is 0 Å². The molecule has 2 rings (SSSR count). The summed E-state index contributed by atoms with van der Waals surface area (Å²) in [5.74, 6) is -0.213. The lowest BCUT2D eigenvalue weighted by Gasteiger charge is -2.10. The first kappa shape index (κ1) is 18.1. The van der Waals surface area contributed by atoms with E-state index in [1.54, 1.807) is 0 Å². The summed E-state index contributed by atoms with van der Waals surface area (Å²) in [5.41, 5.74) is 0.571. The number of carboxylic acids is 1. The van der Waals surface area contributed by atoms with Gasteiger partial charge < -0.3 is 15.7 Å². The summed E-state index contributed by atoms with van der Waals surface area (Å²) in [6, 6.07) is 5.79. The third kappa shape index (κ3) is 5.15. The number of nitrogens with one attached hydrogen (secondary N) is 2. The van der Waals surface area contributed by atoms with E-state index in [1.807, 2.05) is 0 Å². The standard InChI is InChI=1S/C13H14BrN5O4S/c14-10-7-17-13(19-12(10)16-6-5-11(20)21)18-8-1-3-9(4-2-8)24(15,22)23/h1-4,7H,5-6H2,(H,20,21)(H2,15,22,23)(H2,16,17,18,19). The van der Waals surface area contributed by atoms with Crippen molar-refractivity contribution >= 4 is 49.4 Å². The molecule has 0 saturated heterocycles. The molecule has 0 aliphatic rings. The molecular weight excluding hydrogens is 402 g/mol. The summed E-state index contributed by atoms with van der Waals surface area (Å²) in [5, 5.41) is 19.5. The van der Waals surface area contributed by atoms with Crippen LogP contribution in [-0.2, 0) is 14.8 Å². The zero-order chi connectivity index (χ0) is 17.7. The first-order valence-corrected chi connectivity index (χ1v) is 8.98. The van der Waals surface area contributed by atoms with Gasteiger partial charge in [0.05, 0.1) is 15.8 Å². The Morgan fingerprint density at radius 2 is 1.96 bits per heavy atom. The predicted molar refractivity (Wildman–Crippen MR) is 91.6 cm³/mol. The van der Waals surface area contributed by atoms with E-state index in [-0.39, 0.29) is 23.8 Å². The van der Waals surface area contributed by atoms with Crippen LogP contribution in [0, 0.1) is 0 Å². The molecular formula is C13H14BrN5O4S. The lowest BCUT2D eigenvalue weighted by Crippen LogP contribution is -2.12. The third-order valence-electron chi connectivity index (χ3n) is 2.81. The van der Waals surface area contributed by atoms with Crippen LogP contribution >= 0.6 is 15.9 Å². The fourth-order valence-corrected chi connectivity index (χ4v) is 2.54. The van der Waals surface area contributed by atoms with Crippen LogP contribution in [0.15, 0.2) is 39.8 Å². The van der Waals surface area contributed by atoms with Gasteiger partial charge in [0.1, 0.15) is 5.82 Å². The number of carbonyl (C=O) groups is 1. The molecule has 0 aliphatic heterocycles. The van der Waals surface area contributed by atoms with Crippen molar-refractivity contribution < 1.29 is 18.3 Å². The highest BCUT2D eigenvalue weighted by molar-refractivity contribution is 9.10. The number of hydrogen-bond acceptors (Lipinski definition) is 7. The van der Waals surface area contributed by atoms with Crippen LogP contribution in [0.1, 0.15) is 6.42 Å². The summed E-state index contributed by atoms with van der Waals surface area (Å²) in [6.07, 6.45) is 1.46. The van der Waals surface area contributed by atoms with Crippen molar-refractivity contribution in [2.45, 2.75) is 11.3 Å². The maximum Gasteiger partial charge on any atom is 0.305 e. The molecule has 2 aromatic rings. The topological polar surface area (TPSA) is 147 Å². The van der Waals surface area contributed by atoms with Crippen LogP contribution in [0.5, 0.6) is 0 Å². The average Bonchev–Trinajstić information content (AvgIpc) is 2.50. The van der Waals surface area contributed by atoms with E-state index < -0.39 is 16.0 Å². The van der Waals surface area contributed by atoms with Gasteiger partial charge in [0.2, 0.25) is 16.0 Å². The largest absolute Gasteiger partial charge is 0.481 e. The highest BCUT2D eigenvalue weighted by Gasteiger charge is 2.09. The molecule has 1 aromatic heterocycles. The van der Waals surface area contributed by atoms with E-state index in [2.05, 4.69) is 36.5 Å². The van der Waals surface area contributed by atoms with Crippen LogP contribution < -0.4 is 15.8 Å². The van der Waals surface area contributed by atoms with E-state index in [0.29, 0.717) is 16.0 Å². The van der Waals surface area contributed by atoms with Crippen molar-refractivity contribution in [1.82, 2.24) is 9.97 Å². The Morgan fingerprint density at radius 3 is 2.54 bits per heavy atom. The maximum atomic E-state index is 11.2. The molecule has 0 bridgehead atoms. The van der Waals surface area contributed by atoms with Gasteiger partial charge in [-0.3, -0.25) is 4.79 Å². The molecule has 0 spiro atoms. The monoisotopic (exact) mass is 415 g/mol. The van der Waals surface area contributed by atoms with Crippen LogP contribution in [0.25, 0.3) is 0 Å². The SMILES string of the molecule is NS(=O)(=O)c1ccc(Nc2ncc(Br)c(NCCC(=O)O)n2)cc1. The number of benzene rings is 1. The van der Waals surface area contributed by atoms with Crippen LogP contribution in [-0.4, -0.2) is 36.0 Å². The first-order valence-electron chi connectivity index (χ1n) is 6.64. The molecule has 0 saturated carbocycles. The lowest BCUT2D eigenvalue weighted by molar-refractivity contribution is -0.136. The van der Waals surface area contributed by atoms with Crippen molar-refractivity contribution in [1.29, 1.82) is 0 Å². The molecule has 1 heterocycles. The summed E-state index contributed by atoms with van der Waals surface area (Å²) in [6.45, 7) is 0.216. The van der Waals surface area contributed by atoms with Crippen molar-refractivity contribution in [2.24, 2.45) is 5.14 Å². The van der Waals surface area contributed by atoms with E-state index in [1.165, 1.54) is 30.5 Å². The van der Waals surface area contributed by atoms with Crippen LogP contribution in [0.4, 0.5) is 17.5 Å². The molecule has 0 atom stereocenters. The number of hydrogen-bond donors (Lipinski definition) is 4. The maximum absolute atomic E-state index is 11.2. The van der Waals surface area contributed by atoms with Gasteiger partial charge in [-0.1, -0.05) is 0 Å². The van der Waals surface area contributed by atoms with E-state index >= 15 is 0 Å². The number of halogens is 1. The van der Waals surface area contributed by atoms with E-state index in [9.17, 15) is 13.2 Å². The number of sulfonamides is 1. The Balaban J connectivity index is 2.11. The van der Waals surface area contributed by atoms with Crippen molar-refractivity contribution in [3.05, 3.63) is 34.9 Å². The highest BCUT2D eigenvalue weighted by atomic mass is 79.9. The number of rotatable bonds is 7. The van der Waals surface area contributed by atoms with Gasteiger partial charge in [0.15, 0.2) is 0 Å². The lowest BCUT2D eigenvalue weighted by atomic mass is 10.3. The summed E-state index contributed by atoms with van der Waals surface area (Å²) < 4.78 is 23.0. The fourth-order valence-electron chi connectivity index (χ4n) is 1.70. The zero-order valence-corrected chi connectivity index (χ0v) is 14.6. The number of anilines is 3. The van der Waals surface area contributed by atoms with Gasteiger partial charge >= 0.3 is 5.97 Å². The predicted octanol–water partition coefficient (Wildman–Crippen LogP) is 1.52. The van der Waals surface area contributed by atoms with E-state index in [0.717, 1.165) is 0 Å². The molecule has 0 aliphatic carbocycles. The van der Waals surface area contributed by atoms with Gasteiger partial charge in [0.25, 0.3) is 0 Å². The Labute approximate surface area is 146 Å². The number of aromatic nitrogens is 2. The Kier molecular flexibility index (Phi) is 5.70. The van der Waals surface area contributed by atoms with Crippen molar-refractivity contribution in [3.8, 4) is 0 Å². The van der Waals surface area contributed by atoms with Gasteiger partial charge in [-0.15, -0.1) is 0 Å². The fraction of sp³-hybridized carbons (Fsp3) is 0.154. The Morgan fingerprint density at radius 1 is 1.29 bits per heavy atom. The number of nitrogens with two attached hydrogens (primary N) is 1. The molecule has 0 radical (unpaired) electrons. The van der Waals surface area contributed by atoms with Crippen LogP contribution in [0.3, 0.4) is 0 Å². The van der Waals surface area contributed by atoms with Gasteiger partial charge in [-0.25, -0.2) is 18.5 Å². The second-order valence-corrected chi connectivity index (χ2v) is 7.07. The molecule has 0 amide bonds. The minimum absolute atomic E-state index is 0.000742. The first-order chi connectivity index (χ1) is 11.3. The number of aliphatic carboxylic acids is 1. The molecule has 1 aromatic carbocycles. The molecule has 24 heavy (non-hydrogen) atoms. The minimum atomic E-state index is -3.75. The Hall–Kier alpha value is -2.24. The number of carboxylic acid groups (broad SMARTS) is 1. The number of primary sulfonamides is 1. The van der Waals surface area contributed by atoms with Crippen molar-refractivity contribution in [2.75, 3.05) is 17.2 Å². The second kappa shape index (κ2) is 7.55. The summed E-state index contributed by atoms with van der Waals surface area (Å²) >= 11 is 3.27. The summed E-state index contributed by atoms with van der Waals surface area (Å²) in [4.78, 5) is 18.8. The molecule has 5 N–H and O–H groups in total. The van der Waals surface area contributed by atoms with Gasteiger partial charge in [-0.05, 0) is 40.2 Å². The second-order valence-electron chi connectivity index (χ2n) is 4.66. The molecule has 0 unspecified atom stereocenters. The zero-order valence-electron chi connectivity index (χ0n) is 12.2. The van der Waals surface area contributed by atoms with E-state index in [4.69, 9.17) is 10.2 Å². The highest BCUT2D eigenvalue weighted by Crippen LogP contribution is 2.22. The molecule has 128 valence electrons. The van der Waals surface area contributed by atoms with Crippen molar-refractivity contribution in [3.63, 3.8) is 0 Å². The average molecular weight is 416 g/mol. The third-order valence-corrected chi connectivity index (χ3v) is 4.32. The summed E-state index contributed by atoms with van der Waals surface area (Å²) in [7, 11) is -3.75. The smallest absolute Gasteiger partial charge is 0.305 e. The van der Waals surface area contributed by atoms with Gasteiger partial charge in [0, 0.05) is 18.4 Å². The minimum Gasteiger partial charge on any atom is -0.481 e.